The maximum Gasteiger partial charge on any atom is 0.251 e. The van der Waals surface area contributed by atoms with Crippen molar-refractivity contribution in [1.82, 2.24) is 10.6 Å². The Morgan fingerprint density at radius 1 is 1.14 bits per heavy atom. The van der Waals surface area contributed by atoms with Crippen molar-refractivity contribution in [2.45, 2.75) is 57.3 Å². The van der Waals surface area contributed by atoms with Crippen LogP contribution in [0.1, 0.15) is 62.7 Å². The maximum absolute atomic E-state index is 13.2. The number of nitrogens with zero attached hydrogens (tertiary/aromatic N) is 1. The molecule has 0 bridgehead atoms. The molecule has 9 heteroatoms. The zero-order chi connectivity index (χ0) is 26.0. The van der Waals surface area contributed by atoms with Crippen LogP contribution in [0, 0.1) is 5.92 Å². The van der Waals surface area contributed by atoms with E-state index in [1.165, 1.54) is 6.07 Å². The SMILES string of the molecule is CCCCN(CCCC)c1cc(C(=O)NCC2CCCNC2)cc(S(N)(=O)=O)c1Oc1ccccc1. The average Bonchev–Trinajstić information content (AvgIpc) is 2.88. The molecule has 1 heterocycles. The summed E-state index contributed by atoms with van der Waals surface area (Å²) in [5.74, 6) is 0.690. The van der Waals surface area contributed by atoms with Gasteiger partial charge in [0.1, 0.15) is 10.6 Å². The van der Waals surface area contributed by atoms with Crippen LogP contribution in [0.5, 0.6) is 11.5 Å². The van der Waals surface area contributed by atoms with Crippen LogP contribution in [0.3, 0.4) is 0 Å². The molecule has 1 saturated heterocycles. The average molecular weight is 517 g/mol. The van der Waals surface area contributed by atoms with Crippen LogP contribution >= 0.6 is 0 Å². The Labute approximate surface area is 215 Å². The van der Waals surface area contributed by atoms with Crippen molar-refractivity contribution < 1.29 is 17.9 Å². The Morgan fingerprint density at radius 3 is 2.42 bits per heavy atom. The second-order valence-corrected chi connectivity index (χ2v) is 10.9. The van der Waals surface area contributed by atoms with E-state index in [1.54, 1.807) is 18.2 Å². The molecule has 0 radical (unpaired) electrons. The van der Waals surface area contributed by atoms with Crippen molar-refractivity contribution in [2.24, 2.45) is 11.1 Å². The zero-order valence-corrected chi connectivity index (χ0v) is 22.3. The number of piperidine rings is 1. The molecule has 8 nitrogen and oxygen atoms in total. The van der Waals surface area contributed by atoms with E-state index in [4.69, 9.17) is 9.88 Å². The van der Waals surface area contributed by atoms with Crippen molar-refractivity contribution in [1.29, 1.82) is 0 Å². The summed E-state index contributed by atoms with van der Waals surface area (Å²) in [5, 5.41) is 12.0. The van der Waals surface area contributed by atoms with Crippen LogP contribution < -0.4 is 25.4 Å². The van der Waals surface area contributed by atoms with E-state index < -0.39 is 10.0 Å². The van der Waals surface area contributed by atoms with E-state index in [0.29, 0.717) is 37.0 Å². The summed E-state index contributed by atoms with van der Waals surface area (Å²) in [4.78, 5) is 15.1. The van der Waals surface area contributed by atoms with Gasteiger partial charge in [-0.2, -0.15) is 0 Å². The molecule has 0 saturated carbocycles. The molecule has 1 amide bonds. The molecule has 4 N–H and O–H groups in total. The molecule has 1 unspecified atom stereocenters. The minimum atomic E-state index is -4.18. The Kier molecular flexibility index (Phi) is 10.6. The fourth-order valence-electron chi connectivity index (χ4n) is 4.36. The topological polar surface area (TPSA) is 114 Å². The fraction of sp³-hybridized carbons (Fsp3) is 0.519. The number of unbranched alkanes of at least 4 members (excludes halogenated alkanes) is 2. The lowest BCUT2D eigenvalue weighted by molar-refractivity contribution is 0.0944. The summed E-state index contributed by atoms with van der Waals surface area (Å²) >= 11 is 0. The summed E-state index contributed by atoms with van der Waals surface area (Å²) in [5.41, 5.74) is 0.827. The van der Waals surface area contributed by atoms with Gasteiger partial charge in [0.25, 0.3) is 5.91 Å². The Balaban J connectivity index is 2.05. The van der Waals surface area contributed by atoms with E-state index in [9.17, 15) is 13.2 Å². The van der Waals surface area contributed by atoms with Gasteiger partial charge in [0.2, 0.25) is 10.0 Å². The third kappa shape index (κ3) is 7.94. The van der Waals surface area contributed by atoms with Gasteiger partial charge in [-0.05, 0) is 69.0 Å². The minimum Gasteiger partial charge on any atom is -0.454 e. The summed E-state index contributed by atoms with van der Waals surface area (Å²) in [7, 11) is -4.18. The lowest BCUT2D eigenvalue weighted by Gasteiger charge is -2.28. The van der Waals surface area contributed by atoms with Crippen molar-refractivity contribution in [3.05, 3.63) is 48.0 Å². The number of para-hydroxylation sites is 1. The first-order valence-corrected chi connectivity index (χ1v) is 14.6. The third-order valence-electron chi connectivity index (χ3n) is 6.42. The standard InChI is InChI=1S/C27H40N4O4S/c1-3-5-15-31(16-6-4-2)24-17-22(27(32)30-20-21-11-10-14-29-19-21)18-25(36(28,33)34)26(24)35-23-12-8-7-9-13-23/h7-9,12-13,17-18,21,29H,3-6,10-11,14-16,19-20H2,1-2H3,(H,30,32)(H2,28,33,34). The monoisotopic (exact) mass is 516 g/mol. The summed E-state index contributed by atoms with van der Waals surface area (Å²) in [6.45, 7) is 8.04. The first-order valence-electron chi connectivity index (χ1n) is 13.0. The van der Waals surface area contributed by atoms with E-state index in [1.807, 2.05) is 18.2 Å². The highest BCUT2D eigenvalue weighted by Crippen LogP contribution is 2.39. The van der Waals surface area contributed by atoms with Crippen LogP contribution in [0.15, 0.2) is 47.4 Å². The Bertz CT molecular complexity index is 1080. The van der Waals surface area contributed by atoms with Crippen LogP contribution in [0.4, 0.5) is 5.69 Å². The number of nitrogens with one attached hydrogen (secondary N) is 2. The highest BCUT2D eigenvalue weighted by atomic mass is 32.2. The molecule has 36 heavy (non-hydrogen) atoms. The number of primary sulfonamides is 1. The van der Waals surface area contributed by atoms with Crippen LogP contribution in [0.2, 0.25) is 0 Å². The van der Waals surface area contributed by atoms with Gasteiger partial charge in [-0.25, -0.2) is 13.6 Å². The van der Waals surface area contributed by atoms with Crippen LogP contribution in [-0.4, -0.2) is 47.0 Å². The molecule has 1 atom stereocenters. The predicted octanol–water partition coefficient (Wildman–Crippen LogP) is 4.26. The van der Waals surface area contributed by atoms with Crippen molar-refractivity contribution in [3.63, 3.8) is 0 Å². The molecule has 1 fully saturated rings. The molecule has 3 rings (SSSR count). The molecule has 198 valence electrons. The number of hydrogen-bond acceptors (Lipinski definition) is 6. The Morgan fingerprint density at radius 2 is 1.83 bits per heavy atom. The number of carbonyl (C=O) groups excluding carboxylic acids is 1. The normalized spacial score (nSPS) is 15.9. The van der Waals surface area contributed by atoms with Gasteiger partial charge < -0.3 is 20.3 Å². The van der Waals surface area contributed by atoms with E-state index in [0.717, 1.165) is 51.6 Å². The van der Waals surface area contributed by atoms with Gasteiger partial charge in [0.15, 0.2) is 5.75 Å². The van der Waals surface area contributed by atoms with Gasteiger partial charge in [0.05, 0.1) is 5.69 Å². The lowest BCUT2D eigenvalue weighted by Crippen LogP contribution is -2.38. The lowest BCUT2D eigenvalue weighted by atomic mass is 9.99. The van der Waals surface area contributed by atoms with Crippen LogP contribution in [0.25, 0.3) is 0 Å². The fourth-order valence-corrected chi connectivity index (χ4v) is 5.06. The molecule has 1 aliphatic heterocycles. The molecule has 2 aromatic rings. The number of sulfonamides is 1. The third-order valence-corrected chi connectivity index (χ3v) is 7.34. The zero-order valence-electron chi connectivity index (χ0n) is 21.5. The number of carbonyl (C=O) groups is 1. The first kappa shape index (κ1) is 28.0. The molecular formula is C27H40N4O4S. The number of benzene rings is 2. The van der Waals surface area contributed by atoms with Gasteiger partial charge in [0, 0.05) is 25.2 Å². The number of amides is 1. The molecule has 2 aromatic carbocycles. The summed E-state index contributed by atoms with van der Waals surface area (Å²) < 4.78 is 31.7. The van der Waals surface area contributed by atoms with Crippen molar-refractivity contribution in [2.75, 3.05) is 37.6 Å². The van der Waals surface area contributed by atoms with Gasteiger partial charge in [-0.1, -0.05) is 44.9 Å². The van der Waals surface area contributed by atoms with Gasteiger partial charge in [-0.3, -0.25) is 4.79 Å². The van der Waals surface area contributed by atoms with Gasteiger partial charge in [-0.15, -0.1) is 0 Å². The number of hydrogen-bond donors (Lipinski definition) is 3. The molecule has 0 spiro atoms. The Hall–Kier alpha value is -2.62. The molecular weight excluding hydrogens is 476 g/mol. The second kappa shape index (κ2) is 13.6. The highest BCUT2D eigenvalue weighted by molar-refractivity contribution is 7.89. The van der Waals surface area contributed by atoms with Crippen molar-refractivity contribution >= 4 is 21.6 Å². The second-order valence-electron chi connectivity index (χ2n) is 9.40. The minimum absolute atomic E-state index is 0.156. The number of rotatable bonds is 13. The number of anilines is 1. The van der Waals surface area contributed by atoms with Crippen molar-refractivity contribution in [3.8, 4) is 11.5 Å². The largest absolute Gasteiger partial charge is 0.454 e. The predicted molar refractivity (Wildman–Crippen MR) is 144 cm³/mol. The van der Waals surface area contributed by atoms with Gasteiger partial charge >= 0.3 is 0 Å². The first-order chi connectivity index (χ1) is 17.3. The summed E-state index contributed by atoms with van der Waals surface area (Å²) in [6.07, 6.45) is 5.93. The van der Waals surface area contributed by atoms with E-state index >= 15 is 0 Å². The number of nitrogens with two attached hydrogens (primary N) is 1. The quantitative estimate of drug-likeness (QED) is 0.367. The van der Waals surface area contributed by atoms with E-state index in [2.05, 4.69) is 29.4 Å². The van der Waals surface area contributed by atoms with Crippen LogP contribution in [-0.2, 0) is 10.0 Å². The molecule has 0 aliphatic carbocycles. The maximum atomic E-state index is 13.2. The smallest absolute Gasteiger partial charge is 0.251 e. The molecule has 1 aliphatic rings. The molecule has 0 aromatic heterocycles. The van der Waals surface area contributed by atoms with E-state index in [-0.39, 0.29) is 22.1 Å². The highest BCUT2D eigenvalue weighted by Gasteiger charge is 2.26. The summed E-state index contributed by atoms with van der Waals surface area (Å²) in [6, 6.07) is 12.1. The number of ether oxygens (including phenoxy) is 1.